The molecular formula is C11H16ClN3OS. The second kappa shape index (κ2) is 6.02. The van der Waals surface area contributed by atoms with Gasteiger partial charge in [-0.2, -0.15) is 9.97 Å². The summed E-state index contributed by atoms with van der Waals surface area (Å²) in [4.78, 5) is 8.70. The van der Waals surface area contributed by atoms with Gasteiger partial charge in [-0.15, -0.1) is 23.7 Å². The van der Waals surface area contributed by atoms with E-state index in [2.05, 4.69) is 34.5 Å². The Morgan fingerprint density at radius 3 is 2.76 bits per heavy atom. The van der Waals surface area contributed by atoms with Gasteiger partial charge in [-0.25, -0.2) is 0 Å². The Morgan fingerprint density at radius 1 is 1.35 bits per heavy atom. The second-order valence-corrected chi connectivity index (χ2v) is 4.50. The predicted octanol–water partition coefficient (Wildman–Crippen LogP) is 3.33. The van der Waals surface area contributed by atoms with Gasteiger partial charge in [0.25, 0.3) is 0 Å². The van der Waals surface area contributed by atoms with Crippen LogP contribution in [0.25, 0.3) is 10.9 Å². The molecule has 0 aliphatic heterocycles. The van der Waals surface area contributed by atoms with E-state index in [0.29, 0.717) is 18.7 Å². The average molecular weight is 274 g/mol. The Hall–Kier alpha value is -1.07. The quantitative estimate of drug-likeness (QED) is 0.928. The summed E-state index contributed by atoms with van der Waals surface area (Å²) < 4.78 is 5.35. The molecule has 0 saturated heterocycles. The zero-order valence-corrected chi connectivity index (χ0v) is 11.7. The molecule has 0 aromatic carbocycles. The van der Waals surface area contributed by atoms with Crippen molar-refractivity contribution in [3.05, 3.63) is 10.8 Å². The molecule has 0 atom stereocenters. The van der Waals surface area contributed by atoms with Gasteiger partial charge in [0.15, 0.2) is 0 Å². The zero-order chi connectivity index (χ0) is 11.5. The first-order valence-electron chi connectivity index (χ1n) is 5.34. The molecule has 0 unspecified atom stereocenters. The lowest BCUT2D eigenvalue weighted by Crippen LogP contribution is -2.12. The summed E-state index contributed by atoms with van der Waals surface area (Å²) in [5.74, 6) is 0.852. The zero-order valence-electron chi connectivity index (χ0n) is 10.1. The lowest BCUT2D eigenvalue weighted by Gasteiger charge is -2.11. The number of rotatable bonds is 4. The van der Waals surface area contributed by atoms with Crippen molar-refractivity contribution in [1.29, 1.82) is 0 Å². The minimum absolute atomic E-state index is 0. The number of halogens is 1. The highest BCUT2D eigenvalue weighted by molar-refractivity contribution is 7.09. The third kappa shape index (κ3) is 3.20. The molecule has 0 spiro atoms. The molecular weight excluding hydrogens is 258 g/mol. The van der Waals surface area contributed by atoms with Gasteiger partial charge < -0.3 is 10.1 Å². The van der Waals surface area contributed by atoms with Gasteiger partial charge in [0.1, 0.15) is 5.82 Å². The molecule has 0 fully saturated rings. The Morgan fingerprint density at radius 2 is 2.12 bits per heavy atom. The minimum atomic E-state index is 0. The lowest BCUT2D eigenvalue weighted by molar-refractivity contribution is 0.314. The van der Waals surface area contributed by atoms with Gasteiger partial charge in [0.05, 0.1) is 17.5 Å². The normalized spacial score (nSPS) is 10.4. The van der Waals surface area contributed by atoms with Crippen molar-refractivity contribution in [2.45, 2.75) is 26.8 Å². The highest BCUT2D eigenvalue weighted by Gasteiger charge is 2.09. The summed E-state index contributed by atoms with van der Waals surface area (Å²) in [7, 11) is 0. The maximum atomic E-state index is 5.35. The van der Waals surface area contributed by atoms with Crippen molar-refractivity contribution < 1.29 is 4.74 Å². The first kappa shape index (κ1) is 14.0. The molecule has 94 valence electrons. The maximum Gasteiger partial charge on any atom is 0.318 e. The van der Waals surface area contributed by atoms with Gasteiger partial charge in [-0.1, -0.05) is 0 Å². The number of aromatic nitrogens is 2. The number of hydrogen-bond acceptors (Lipinski definition) is 5. The number of nitrogens with zero attached hydrogens (tertiary/aromatic N) is 2. The molecule has 2 aromatic rings. The smallest absolute Gasteiger partial charge is 0.318 e. The monoisotopic (exact) mass is 273 g/mol. The van der Waals surface area contributed by atoms with Crippen LogP contribution in [0.2, 0.25) is 0 Å². The number of anilines is 1. The molecule has 2 aromatic heterocycles. The van der Waals surface area contributed by atoms with E-state index in [0.717, 1.165) is 16.7 Å². The third-order valence-electron chi connectivity index (χ3n) is 2.02. The first-order chi connectivity index (χ1) is 7.70. The average Bonchev–Trinajstić information content (AvgIpc) is 2.65. The Bertz CT molecular complexity index is 487. The fourth-order valence-corrected chi connectivity index (χ4v) is 2.16. The van der Waals surface area contributed by atoms with Crippen LogP contribution < -0.4 is 10.1 Å². The molecule has 0 bridgehead atoms. The summed E-state index contributed by atoms with van der Waals surface area (Å²) in [5, 5.41) is 8.42. The Balaban J connectivity index is 0.00000144. The van der Waals surface area contributed by atoms with Crippen LogP contribution in [-0.4, -0.2) is 22.6 Å². The summed E-state index contributed by atoms with van der Waals surface area (Å²) >= 11 is 1.62. The van der Waals surface area contributed by atoms with Crippen molar-refractivity contribution in [2.24, 2.45) is 0 Å². The third-order valence-corrected chi connectivity index (χ3v) is 2.75. The van der Waals surface area contributed by atoms with Crippen LogP contribution in [0.15, 0.2) is 10.8 Å². The molecule has 4 nitrogen and oxygen atoms in total. The molecule has 0 radical (unpaired) electrons. The summed E-state index contributed by atoms with van der Waals surface area (Å²) in [5.41, 5.74) is 0.937. The van der Waals surface area contributed by atoms with Crippen LogP contribution in [0.3, 0.4) is 0 Å². The van der Waals surface area contributed by atoms with Crippen LogP contribution in [0.4, 0.5) is 5.82 Å². The van der Waals surface area contributed by atoms with Gasteiger partial charge >= 0.3 is 6.01 Å². The van der Waals surface area contributed by atoms with Crippen molar-refractivity contribution >= 4 is 40.5 Å². The van der Waals surface area contributed by atoms with Gasteiger partial charge in [0.2, 0.25) is 0 Å². The lowest BCUT2D eigenvalue weighted by atomic mass is 10.3. The fraction of sp³-hybridized carbons (Fsp3) is 0.455. The van der Waals surface area contributed by atoms with Crippen LogP contribution >= 0.6 is 23.7 Å². The molecule has 17 heavy (non-hydrogen) atoms. The maximum absolute atomic E-state index is 5.35. The van der Waals surface area contributed by atoms with E-state index in [1.165, 1.54) is 0 Å². The molecule has 0 saturated carbocycles. The molecule has 0 aliphatic rings. The number of ether oxygens (including phenoxy) is 1. The van der Waals surface area contributed by atoms with E-state index < -0.39 is 0 Å². The minimum Gasteiger partial charge on any atom is -0.464 e. The number of hydrogen-bond donors (Lipinski definition) is 1. The Labute approximate surface area is 111 Å². The van der Waals surface area contributed by atoms with Crippen molar-refractivity contribution in [3.8, 4) is 6.01 Å². The van der Waals surface area contributed by atoms with Gasteiger partial charge in [-0.3, -0.25) is 0 Å². The summed E-state index contributed by atoms with van der Waals surface area (Å²) in [6.45, 7) is 6.68. The van der Waals surface area contributed by atoms with E-state index in [9.17, 15) is 0 Å². The van der Waals surface area contributed by atoms with E-state index in [1.807, 2.05) is 12.3 Å². The first-order valence-corrected chi connectivity index (χ1v) is 6.28. The molecule has 2 heterocycles. The second-order valence-electron chi connectivity index (χ2n) is 3.76. The van der Waals surface area contributed by atoms with Crippen LogP contribution in [0, 0.1) is 0 Å². The molecule has 0 aliphatic carbocycles. The van der Waals surface area contributed by atoms with Crippen molar-refractivity contribution in [1.82, 2.24) is 9.97 Å². The summed E-state index contributed by atoms with van der Waals surface area (Å²) in [6.07, 6.45) is 0. The highest BCUT2D eigenvalue weighted by atomic mass is 35.5. The Kier molecular flexibility index (Phi) is 4.96. The number of nitrogens with one attached hydrogen (secondary N) is 1. The number of thiophene rings is 1. The summed E-state index contributed by atoms with van der Waals surface area (Å²) in [6, 6.07) is 0.782. The van der Waals surface area contributed by atoms with Crippen molar-refractivity contribution in [2.75, 3.05) is 11.9 Å². The van der Waals surface area contributed by atoms with Crippen LogP contribution in [0.1, 0.15) is 20.8 Å². The fourth-order valence-electron chi connectivity index (χ4n) is 1.42. The predicted molar refractivity (Wildman–Crippen MR) is 74.6 cm³/mol. The van der Waals surface area contributed by atoms with E-state index in [4.69, 9.17) is 4.74 Å². The molecule has 6 heteroatoms. The van der Waals surface area contributed by atoms with Gasteiger partial charge in [-0.05, 0) is 20.8 Å². The van der Waals surface area contributed by atoms with E-state index in [1.54, 1.807) is 11.3 Å². The molecule has 1 N–H and O–H groups in total. The number of fused-ring (bicyclic) bond motifs is 1. The van der Waals surface area contributed by atoms with Crippen LogP contribution in [-0.2, 0) is 0 Å². The van der Waals surface area contributed by atoms with E-state index in [-0.39, 0.29) is 12.4 Å². The molecule has 2 rings (SSSR count). The van der Waals surface area contributed by atoms with Crippen molar-refractivity contribution in [3.63, 3.8) is 0 Å². The largest absolute Gasteiger partial charge is 0.464 e. The SMILES string of the molecule is CCOc1nc(NC(C)C)c2cscc2n1.Cl. The van der Waals surface area contributed by atoms with Crippen LogP contribution in [0.5, 0.6) is 6.01 Å². The standard InChI is InChI=1S/C11H15N3OS.ClH/c1-4-15-11-13-9-6-16-5-8(9)10(14-11)12-7(2)3;/h5-7H,4H2,1-3H3,(H,12,13,14);1H. The van der Waals surface area contributed by atoms with E-state index >= 15 is 0 Å². The molecule has 0 amide bonds. The highest BCUT2D eigenvalue weighted by Crippen LogP contribution is 2.26. The topological polar surface area (TPSA) is 47.0 Å². The van der Waals surface area contributed by atoms with Gasteiger partial charge in [0, 0.05) is 16.8 Å².